The molecule has 1 aromatic rings. The average Bonchev–Trinajstić information content (AvgIpc) is 2.56. The van der Waals surface area contributed by atoms with Gasteiger partial charge in [-0.25, -0.2) is 13.4 Å². The molecule has 92 valence electrons. The van der Waals surface area contributed by atoms with Crippen molar-refractivity contribution in [1.29, 1.82) is 0 Å². The smallest absolute Gasteiger partial charge is 0.263 e. The van der Waals surface area contributed by atoms with Crippen LogP contribution in [0.15, 0.2) is 11.4 Å². The zero-order valence-corrected chi connectivity index (χ0v) is 10.9. The lowest BCUT2D eigenvalue weighted by molar-refractivity contribution is 0.185. The third kappa shape index (κ3) is 2.54. The van der Waals surface area contributed by atoms with Gasteiger partial charge >= 0.3 is 0 Å². The summed E-state index contributed by atoms with van der Waals surface area (Å²) in [5.74, 6) is 0. The number of rotatable bonds is 5. The minimum atomic E-state index is -3.63. The molecule has 0 saturated heterocycles. The quantitative estimate of drug-likeness (QED) is 0.772. The highest BCUT2D eigenvalue weighted by atomic mass is 35.5. The van der Waals surface area contributed by atoms with E-state index in [-0.39, 0.29) is 16.7 Å². The summed E-state index contributed by atoms with van der Waals surface area (Å²) in [6.45, 7) is 0.575. The van der Waals surface area contributed by atoms with Gasteiger partial charge in [0.1, 0.15) is 5.15 Å². The maximum atomic E-state index is 12.0. The Kier molecular flexibility index (Phi) is 4.31. The number of ether oxygens (including phenoxy) is 1. The lowest BCUT2D eigenvalue weighted by Gasteiger charge is -2.15. The van der Waals surface area contributed by atoms with Gasteiger partial charge in [-0.3, -0.25) is 0 Å². The second kappa shape index (κ2) is 5.13. The van der Waals surface area contributed by atoms with Crippen LogP contribution < -0.4 is 0 Å². The van der Waals surface area contributed by atoms with Crippen LogP contribution in [-0.2, 0) is 21.8 Å². The SMILES string of the molecule is COCCN(C)S(=O)(=O)c1ncn(C)c1Cl. The molecule has 0 aliphatic heterocycles. The maximum Gasteiger partial charge on any atom is 0.263 e. The van der Waals surface area contributed by atoms with Gasteiger partial charge in [0, 0.05) is 27.7 Å². The summed E-state index contributed by atoms with van der Waals surface area (Å²) >= 11 is 5.83. The number of hydrogen-bond acceptors (Lipinski definition) is 4. The molecule has 0 unspecified atom stereocenters. The predicted octanol–water partition coefficient (Wildman–Crippen LogP) is 0.340. The number of aryl methyl sites for hydroxylation is 1. The van der Waals surface area contributed by atoms with Crippen molar-refractivity contribution >= 4 is 21.6 Å². The monoisotopic (exact) mass is 267 g/mol. The first-order chi connectivity index (χ1) is 7.41. The Hall–Kier alpha value is -0.630. The largest absolute Gasteiger partial charge is 0.383 e. The van der Waals surface area contributed by atoms with E-state index in [1.807, 2.05) is 0 Å². The first-order valence-corrected chi connectivity index (χ1v) is 6.35. The summed E-state index contributed by atoms with van der Waals surface area (Å²) in [5.41, 5.74) is 0. The first kappa shape index (κ1) is 13.4. The molecule has 8 heteroatoms. The highest BCUT2D eigenvalue weighted by Gasteiger charge is 2.26. The normalized spacial score (nSPS) is 12.3. The van der Waals surface area contributed by atoms with Crippen LogP contribution in [-0.4, -0.2) is 49.6 Å². The Labute approximate surface area is 99.8 Å². The molecule has 0 radical (unpaired) electrons. The van der Waals surface area contributed by atoms with Crippen LogP contribution in [0.2, 0.25) is 5.15 Å². The van der Waals surface area contributed by atoms with E-state index in [4.69, 9.17) is 16.3 Å². The highest BCUT2D eigenvalue weighted by Crippen LogP contribution is 2.21. The van der Waals surface area contributed by atoms with E-state index in [2.05, 4.69) is 4.98 Å². The lowest BCUT2D eigenvalue weighted by Crippen LogP contribution is -2.30. The van der Waals surface area contributed by atoms with Crippen LogP contribution in [0.3, 0.4) is 0 Å². The summed E-state index contributed by atoms with van der Waals surface area (Å²) in [6.07, 6.45) is 1.36. The number of sulfonamides is 1. The molecular formula is C8H14ClN3O3S. The van der Waals surface area contributed by atoms with Gasteiger partial charge in [0.05, 0.1) is 12.9 Å². The Morgan fingerprint density at radius 3 is 2.69 bits per heavy atom. The van der Waals surface area contributed by atoms with E-state index in [0.717, 1.165) is 4.31 Å². The Morgan fingerprint density at radius 2 is 2.25 bits per heavy atom. The number of hydrogen-bond donors (Lipinski definition) is 0. The molecular weight excluding hydrogens is 254 g/mol. The fourth-order valence-electron chi connectivity index (χ4n) is 1.05. The summed E-state index contributed by atoms with van der Waals surface area (Å²) in [5, 5.41) is -0.0282. The standard InChI is InChI=1S/C8H14ClN3O3S/c1-11-6-10-8(7(11)9)16(13,14)12(2)4-5-15-3/h6H,4-5H2,1-3H3. The molecule has 16 heavy (non-hydrogen) atoms. The Bertz CT molecular complexity index is 457. The van der Waals surface area contributed by atoms with Gasteiger partial charge in [0.15, 0.2) is 0 Å². The third-order valence-corrected chi connectivity index (χ3v) is 4.45. The summed E-state index contributed by atoms with van der Waals surface area (Å²) in [6, 6.07) is 0. The number of halogens is 1. The van der Waals surface area contributed by atoms with E-state index >= 15 is 0 Å². The molecule has 0 spiro atoms. The van der Waals surface area contributed by atoms with Gasteiger partial charge in [-0.15, -0.1) is 0 Å². The van der Waals surface area contributed by atoms with Crippen molar-refractivity contribution in [3.63, 3.8) is 0 Å². The average molecular weight is 268 g/mol. The van der Waals surface area contributed by atoms with Gasteiger partial charge in [-0.05, 0) is 0 Å². The molecule has 0 fully saturated rings. The Morgan fingerprint density at radius 1 is 1.62 bits per heavy atom. The van der Waals surface area contributed by atoms with Crippen LogP contribution in [0.1, 0.15) is 0 Å². The molecule has 6 nitrogen and oxygen atoms in total. The van der Waals surface area contributed by atoms with Crippen molar-refractivity contribution in [2.75, 3.05) is 27.3 Å². The number of methoxy groups -OCH3 is 1. The fourth-order valence-corrected chi connectivity index (χ4v) is 2.59. The van der Waals surface area contributed by atoms with Crippen LogP contribution in [0.5, 0.6) is 0 Å². The molecule has 0 saturated carbocycles. The molecule has 0 aliphatic rings. The summed E-state index contributed by atoms with van der Waals surface area (Å²) in [4.78, 5) is 3.78. The van der Waals surface area contributed by atoms with E-state index in [0.29, 0.717) is 6.61 Å². The van der Waals surface area contributed by atoms with Crippen molar-refractivity contribution in [3.05, 3.63) is 11.5 Å². The molecule has 1 heterocycles. The van der Waals surface area contributed by atoms with Gasteiger partial charge in [-0.1, -0.05) is 11.6 Å². The second-order valence-electron chi connectivity index (χ2n) is 3.27. The van der Waals surface area contributed by atoms with Crippen molar-refractivity contribution < 1.29 is 13.2 Å². The topological polar surface area (TPSA) is 64.4 Å². The van der Waals surface area contributed by atoms with Crippen molar-refractivity contribution in [2.24, 2.45) is 7.05 Å². The highest BCUT2D eigenvalue weighted by molar-refractivity contribution is 7.89. The van der Waals surface area contributed by atoms with Crippen LogP contribution in [0.4, 0.5) is 0 Å². The minimum Gasteiger partial charge on any atom is -0.383 e. The molecule has 0 amide bonds. The van der Waals surface area contributed by atoms with E-state index < -0.39 is 10.0 Å². The number of likely N-dealkylation sites (N-methyl/N-ethyl adjacent to an activating group) is 1. The molecule has 0 atom stereocenters. The van der Waals surface area contributed by atoms with E-state index in [1.54, 1.807) is 7.05 Å². The lowest BCUT2D eigenvalue weighted by atomic mass is 10.7. The predicted molar refractivity (Wildman–Crippen MR) is 59.9 cm³/mol. The van der Waals surface area contributed by atoms with Gasteiger partial charge in [0.25, 0.3) is 10.0 Å². The molecule has 1 rings (SSSR count). The summed E-state index contributed by atoms with van der Waals surface area (Å²) in [7, 11) is 0.963. The van der Waals surface area contributed by atoms with Crippen LogP contribution >= 0.6 is 11.6 Å². The number of nitrogens with zero attached hydrogens (tertiary/aromatic N) is 3. The number of aromatic nitrogens is 2. The van der Waals surface area contributed by atoms with Gasteiger partial charge in [0.2, 0.25) is 5.03 Å². The van der Waals surface area contributed by atoms with E-state index in [1.165, 1.54) is 25.1 Å². The first-order valence-electron chi connectivity index (χ1n) is 4.53. The number of imidazole rings is 1. The van der Waals surface area contributed by atoms with E-state index in [9.17, 15) is 8.42 Å². The maximum absolute atomic E-state index is 12.0. The van der Waals surface area contributed by atoms with Crippen LogP contribution in [0.25, 0.3) is 0 Å². The molecule has 0 aliphatic carbocycles. The summed E-state index contributed by atoms with van der Waals surface area (Å²) < 4.78 is 31.4. The van der Waals surface area contributed by atoms with Gasteiger partial charge < -0.3 is 9.30 Å². The zero-order valence-electron chi connectivity index (χ0n) is 9.34. The van der Waals surface area contributed by atoms with Crippen molar-refractivity contribution in [3.8, 4) is 0 Å². The minimum absolute atomic E-state index is 0.101. The van der Waals surface area contributed by atoms with Crippen molar-refractivity contribution in [2.45, 2.75) is 5.03 Å². The van der Waals surface area contributed by atoms with Crippen molar-refractivity contribution in [1.82, 2.24) is 13.9 Å². The molecule has 1 aromatic heterocycles. The molecule has 0 N–H and O–H groups in total. The third-order valence-electron chi connectivity index (χ3n) is 2.10. The van der Waals surface area contributed by atoms with Crippen LogP contribution in [0, 0.1) is 0 Å². The molecule has 0 bridgehead atoms. The molecule has 0 aromatic carbocycles. The van der Waals surface area contributed by atoms with Gasteiger partial charge in [-0.2, -0.15) is 4.31 Å². The fraction of sp³-hybridized carbons (Fsp3) is 0.625. The Balaban J connectivity index is 2.98. The second-order valence-corrected chi connectivity index (χ2v) is 5.59. The zero-order chi connectivity index (χ0) is 12.3.